The molecule has 0 bridgehead atoms. The number of aromatic nitrogens is 3. The number of aliphatic hydroxyl groups excluding tert-OH is 1. The first-order valence-electron chi connectivity index (χ1n) is 7.40. The van der Waals surface area contributed by atoms with Crippen molar-refractivity contribution in [2.75, 3.05) is 13.7 Å². The molecule has 0 unspecified atom stereocenters. The number of ether oxygens (including phenoxy) is 1. The molecule has 1 heterocycles. The number of benzene rings is 2. The van der Waals surface area contributed by atoms with E-state index in [1.807, 2.05) is 6.07 Å². The molecule has 25 heavy (non-hydrogen) atoms. The molecule has 126 valence electrons. The third-order valence-corrected chi connectivity index (χ3v) is 3.70. The first-order valence-corrected chi connectivity index (χ1v) is 7.40. The van der Waals surface area contributed by atoms with E-state index in [1.165, 1.54) is 13.2 Å². The topological polar surface area (TPSA) is 121 Å². The van der Waals surface area contributed by atoms with Crippen LogP contribution in [-0.4, -0.2) is 44.9 Å². The molecule has 0 aliphatic rings. The Morgan fingerprint density at radius 1 is 1.36 bits per heavy atom. The summed E-state index contributed by atoms with van der Waals surface area (Å²) >= 11 is 0. The normalized spacial score (nSPS) is 10.6. The highest BCUT2D eigenvalue weighted by Crippen LogP contribution is 2.28. The predicted molar refractivity (Wildman–Crippen MR) is 87.4 cm³/mol. The molecule has 0 radical (unpaired) electrons. The van der Waals surface area contributed by atoms with E-state index < -0.39 is 5.97 Å². The number of nitrogens with zero attached hydrogens (tertiary/aromatic N) is 4. The van der Waals surface area contributed by atoms with Crippen molar-refractivity contribution in [2.24, 2.45) is 0 Å². The third kappa shape index (κ3) is 2.88. The molecule has 8 heteroatoms. The Balaban J connectivity index is 2.22. The van der Waals surface area contributed by atoms with E-state index in [2.05, 4.69) is 10.2 Å². The molecule has 8 nitrogen and oxygen atoms in total. The minimum atomic E-state index is -0.548. The lowest BCUT2D eigenvalue weighted by molar-refractivity contribution is 0.0602. The number of hydrogen-bond donors (Lipinski definition) is 2. The third-order valence-electron chi connectivity index (χ3n) is 3.70. The molecule has 3 aromatic rings. The fourth-order valence-corrected chi connectivity index (χ4v) is 2.51. The molecule has 3 rings (SSSR count). The number of carbonyl (C=O) groups excluding carboxylic acids is 1. The minimum Gasteiger partial charge on any atom is -0.504 e. The SMILES string of the molecule is COC(=O)c1cccc2nn(-c3cc(CCO)cc(C#N)c3O)nc12. The Morgan fingerprint density at radius 3 is 2.84 bits per heavy atom. The highest BCUT2D eigenvalue weighted by Gasteiger charge is 2.18. The van der Waals surface area contributed by atoms with Crippen molar-refractivity contribution >= 4 is 17.0 Å². The zero-order valence-electron chi connectivity index (χ0n) is 13.3. The Labute approximate surface area is 142 Å². The summed E-state index contributed by atoms with van der Waals surface area (Å²) in [5.41, 5.74) is 1.90. The molecule has 0 fully saturated rings. The molecule has 0 spiro atoms. The van der Waals surface area contributed by atoms with Gasteiger partial charge in [0.1, 0.15) is 22.8 Å². The summed E-state index contributed by atoms with van der Waals surface area (Å²) in [5.74, 6) is -0.822. The predicted octanol–water partition coefficient (Wildman–Crippen LogP) is 1.32. The standard InChI is InChI=1S/C17H14N4O4/c1-25-17(24)12-3-2-4-13-15(12)20-21(19-13)14-8-10(5-6-22)7-11(9-18)16(14)23/h2-4,7-8,22-23H,5-6H2,1H3. The van der Waals surface area contributed by atoms with Crippen LogP contribution in [0.2, 0.25) is 0 Å². The maximum Gasteiger partial charge on any atom is 0.340 e. The van der Waals surface area contributed by atoms with Crippen LogP contribution in [0, 0.1) is 11.3 Å². The van der Waals surface area contributed by atoms with E-state index in [4.69, 9.17) is 9.84 Å². The number of esters is 1. The second-order valence-corrected chi connectivity index (χ2v) is 5.25. The number of nitriles is 1. The first-order chi connectivity index (χ1) is 12.1. The van der Waals surface area contributed by atoms with Gasteiger partial charge in [-0.3, -0.25) is 0 Å². The quantitative estimate of drug-likeness (QED) is 0.688. The number of aromatic hydroxyl groups is 1. The summed E-state index contributed by atoms with van der Waals surface area (Å²) in [6.45, 7) is -0.101. The summed E-state index contributed by atoms with van der Waals surface area (Å²) in [5, 5.41) is 37.1. The average Bonchev–Trinajstić information content (AvgIpc) is 3.06. The highest BCUT2D eigenvalue weighted by molar-refractivity contribution is 6.01. The lowest BCUT2D eigenvalue weighted by Gasteiger charge is -2.08. The monoisotopic (exact) mass is 338 g/mol. The fourth-order valence-electron chi connectivity index (χ4n) is 2.51. The fraction of sp³-hybridized carbons (Fsp3) is 0.176. The molecule has 1 aromatic heterocycles. The minimum absolute atomic E-state index is 0.0514. The van der Waals surface area contributed by atoms with Crippen molar-refractivity contribution < 1.29 is 19.7 Å². The summed E-state index contributed by atoms with van der Waals surface area (Å²) in [6, 6.07) is 9.87. The van der Waals surface area contributed by atoms with Gasteiger partial charge in [0.2, 0.25) is 0 Å². The zero-order valence-corrected chi connectivity index (χ0v) is 13.3. The number of phenolic OH excluding ortho intramolecular Hbond substituents is 1. The van der Waals surface area contributed by atoms with Crippen molar-refractivity contribution in [3.63, 3.8) is 0 Å². The maximum atomic E-state index is 11.9. The summed E-state index contributed by atoms with van der Waals surface area (Å²) < 4.78 is 4.73. The Kier molecular flexibility index (Phi) is 4.33. The molecule has 2 N–H and O–H groups in total. The molecule has 0 saturated carbocycles. The number of rotatable bonds is 4. The van der Waals surface area contributed by atoms with Crippen LogP contribution < -0.4 is 0 Å². The van der Waals surface area contributed by atoms with Crippen LogP contribution in [0.5, 0.6) is 5.75 Å². The largest absolute Gasteiger partial charge is 0.504 e. The maximum absolute atomic E-state index is 11.9. The first kappa shape index (κ1) is 16.4. The van der Waals surface area contributed by atoms with Gasteiger partial charge in [-0.2, -0.15) is 5.26 Å². The van der Waals surface area contributed by atoms with Gasteiger partial charge in [0.25, 0.3) is 0 Å². The molecular weight excluding hydrogens is 324 g/mol. The van der Waals surface area contributed by atoms with Crippen molar-refractivity contribution in [2.45, 2.75) is 6.42 Å². The molecule has 0 atom stereocenters. The van der Waals surface area contributed by atoms with Gasteiger partial charge in [-0.15, -0.1) is 15.0 Å². The Bertz CT molecular complexity index is 1000. The van der Waals surface area contributed by atoms with Crippen molar-refractivity contribution in [1.82, 2.24) is 15.0 Å². The molecular formula is C17H14N4O4. The van der Waals surface area contributed by atoms with Gasteiger partial charge in [0, 0.05) is 6.61 Å². The number of phenols is 1. The average molecular weight is 338 g/mol. The van der Waals surface area contributed by atoms with Gasteiger partial charge >= 0.3 is 5.97 Å². The van der Waals surface area contributed by atoms with Gasteiger partial charge in [0.05, 0.1) is 18.2 Å². The molecule has 0 saturated heterocycles. The van der Waals surface area contributed by atoms with Gasteiger partial charge in [-0.25, -0.2) is 4.79 Å². The van der Waals surface area contributed by atoms with Crippen LogP contribution in [0.1, 0.15) is 21.5 Å². The van der Waals surface area contributed by atoms with E-state index >= 15 is 0 Å². The van der Waals surface area contributed by atoms with E-state index in [-0.39, 0.29) is 29.2 Å². The van der Waals surface area contributed by atoms with Gasteiger partial charge in [0.15, 0.2) is 5.75 Å². The van der Waals surface area contributed by atoms with Crippen LogP contribution in [0.4, 0.5) is 0 Å². The lowest BCUT2D eigenvalue weighted by Crippen LogP contribution is -2.04. The van der Waals surface area contributed by atoms with Gasteiger partial charge < -0.3 is 14.9 Å². The number of carbonyl (C=O) groups is 1. The number of aliphatic hydroxyl groups is 1. The van der Waals surface area contributed by atoms with Gasteiger partial charge in [-0.05, 0) is 36.2 Å². The van der Waals surface area contributed by atoms with E-state index in [0.717, 1.165) is 4.80 Å². The second-order valence-electron chi connectivity index (χ2n) is 5.25. The number of hydrogen-bond acceptors (Lipinski definition) is 7. The van der Waals surface area contributed by atoms with Crippen molar-refractivity contribution in [3.05, 3.63) is 47.0 Å². The second kappa shape index (κ2) is 6.59. The van der Waals surface area contributed by atoms with Crippen molar-refractivity contribution in [3.8, 4) is 17.5 Å². The van der Waals surface area contributed by atoms with E-state index in [9.17, 15) is 15.2 Å². The number of fused-ring (bicyclic) bond motifs is 1. The summed E-state index contributed by atoms with van der Waals surface area (Å²) in [6.07, 6.45) is 0.316. The zero-order chi connectivity index (χ0) is 18.0. The van der Waals surface area contributed by atoms with E-state index in [1.54, 1.807) is 24.3 Å². The molecule has 0 amide bonds. The lowest BCUT2D eigenvalue weighted by atomic mass is 10.1. The van der Waals surface area contributed by atoms with Crippen molar-refractivity contribution in [1.29, 1.82) is 5.26 Å². The summed E-state index contributed by atoms with van der Waals surface area (Å²) in [4.78, 5) is 13.0. The van der Waals surface area contributed by atoms with Crippen LogP contribution in [-0.2, 0) is 11.2 Å². The Morgan fingerprint density at radius 2 is 2.16 bits per heavy atom. The van der Waals surface area contributed by atoms with Crippen LogP contribution >= 0.6 is 0 Å². The highest BCUT2D eigenvalue weighted by atomic mass is 16.5. The molecule has 0 aliphatic heterocycles. The smallest absolute Gasteiger partial charge is 0.340 e. The van der Waals surface area contributed by atoms with E-state index in [0.29, 0.717) is 23.0 Å². The number of methoxy groups -OCH3 is 1. The molecule has 2 aromatic carbocycles. The molecule has 0 aliphatic carbocycles. The van der Waals surface area contributed by atoms with Crippen LogP contribution in [0.15, 0.2) is 30.3 Å². The van der Waals surface area contributed by atoms with Crippen LogP contribution in [0.3, 0.4) is 0 Å². The van der Waals surface area contributed by atoms with Gasteiger partial charge in [-0.1, -0.05) is 6.07 Å². The Hall–Kier alpha value is -3.44. The van der Waals surface area contributed by atoms with Crippen LogP contribution in [0.25, 0.3) is 16.7 Å². The summed E-state index contributed by atoms with van der Waals surface area (Å²) in [7, 11) is 1.27.